The van der Waals surface area contributed by atoms with E-state index in [1.54, 1.807) is 11.3 Å². The lowest BCUT2D eigenvalue weighted by Crippen LogP contribution is -2.46. The minimum Gasteiger partial charge on any atom is -0.348 e. The summed E-state index contributed by atoms with van der Waals surface area (Å²) in [7, 11) is -3.22. The molecule has 0 radical (unpaired) electrons. The highest BCUT2D eigenvalue weighted by molar-refractivity contribution is 7.88. The number of carbonyl (C=O) groups is 1. The van der Waals surface area contributed by atoms with Gasteiger partial charge in [0.2, 0.25) is 15.9 Å². The number of nitrogens with zero attached hydrogens (tertiary/aromatic N) is 1. The SMILES string of the molecule is CS(=O)(=O)N1CCC[C@@H](C(=O)N[C@H](c2cccs2)C2CCCC2)C1. The van der Waals surface area contributed by atoms with E-state index in [0.29, 0.717) is 19.0 Å². The van der Waals surface area contributed by atoms with Crippen LogP contribution in [0.2, 0.25) is 0 Å². The minimum absolute atomic E-state index is 0.00801. The van der Waals surface area contributed by atoms with Crippen LogP contribution >= 0.6 is 11.3 Å². The molecule has 5 nitrogen and oxygen atoms in total. The van der Waals surface area contributed by atoms with Gasteiger partial charge < -0.3 is 5.32 Å². The number of carbonyl (C=O) groups excluding carboxylic acids is 1. The van der Waals surface area contributed by atoms with E-state index < -0.39 is 10.0 Å². The van der Waals surface area contributed by atoms with Crippen LogP contribution in [-0.2, 0) is 14.8 Å². The van der Waals surface area contributed by atoms with Gasteiger partial charge in [0.25, 0.3) is 0 Å². The molecule has 1 aromatic heterocycles. The van der Waals surface area contributed by atoms with Gasteiger partial charge in [0.1, 0.15) is 0 Å². The Labute approximate surface area is 148 Å². The molecular formula is C17H26N2O3S2. The van der Waals surface area contributed by atoms with Gasteiger partial charge in [0.05, 0.1) is 18.2 Å². The highest BCUT2D eigenvalue weighted by Gasteiger charge is 2.34. The van der Waals surface area contributed by atoms with Gasteiger partial charge in [-0.3, -0.25) is 4.79 Å². The molecule has 1 saturated heterocycles. The highest BCUT2D eigenvalue weighted by Crippen LogP contribution is 2.37. The fourth-order valence-electron chi connectivity index (χ4n) is 3.91. The Balaban J connectivity index is 1.69. The Hall–Kier alpha value is -0.920. The van der Waals surface area contributed by atoms with Crippen molar-refractivity contribution in [2.24, 2.45) is 11.8 Å². The van der Waals surface area contributed by atoms with Crippen LogP contribution in [0.4, 0.5) is 0 Å². The van der Waals surface area contributed by atoms with Crippen molar-refractivity contribution in [1.29, 1.82) is 0 Å². The van der Waals surface area contributed by atoms with E-state index in [1.807, 2.05) is 6.07 Å². The zero-order valence-electron chi connectivity index (χ0n) is 14.1. The molecule has 7 heteroatoms. The molecule has 2 atom stereocenters. The third-order valence-electron chi connectivity index (χ3n) is 5.24. The first kappa shape index (κ1) is 17.9. The van der Waals surface area contributed by atoms with Gasteiger partial charge in [0, 0.05) is 18.0 Å². The summed E-state index contributed by atoms with van der Waals surface area (Å²) in [6.45, 7) is 0.839. The average Bonchev–Trinajstić information content (AvgIpc) is 3.25. The van der Waals surface area contributed by atoms with E-state index in [4.69, 9.17) is 0 Å². The minimum atomic E-state index is -3.22. The lowest BCUT2D eigenvalue weighted by molar-refractivity contribution is -0.127. The predicted octanol–water partition coefficient (Wildman–Crippen LogP) is 2.77. The second kappa shape index (κ2) is 7.54. The van der Waals surface area contributed by atoms with Crippen LogP contribution in [0.1, 0.15) is 49.4 Å². The van der Waals surface area contributed by atoms with E-state index in [-0.39, 0.29) is 17.9 Å². The number of thiophene rings is 1. The second-order valence-electron chi connectivity index (χ2n) is 7.01. The molecule has 1 amide bonds. The van der Waals surface area contributed by atoms with Crippen molar-refractivity contribution in [3.8, 4) is 0 Å². The fourth-order valence-corrected chi connectivity index (χ4v) is 5.69. The molecule has 134 valence electrons. The van der Waals surface area contributed by atoms with Crippen LogP contribution in [0.15, 0.2) is 17.5 Å². The topological polar surface area (TPSA) is 66.5 Å². The first-order valence-electron chi connectivity index (χ1n) is 8.74. The molecule has 1 aromatic rings. The lowest BCUT2D eigenvalue weighted by atomic mass is 9.94. The van der Waals surface area contributed by atoms with Gasteiger partial charge >= 0.3 is 0 Å². The molecule has 1 aliphatic heterocycles. The van der Waals surface area contributed by atoms with Crippen LogP contribution in [0.5, 0.6) is 0 Å². The summed E-state index contributed by atoms with van der Waals surface area (Å²) in [5.74, 6) is 0.271. The number of nitrogens with one attached hydrogen (secondary N) is 1. The molecule has 0 bridgehead atoms. The zero-order valence-corrected chi connectivity index (χ0v) is 15.7. The van der Waals surface area contributed by atoms with Crippen LogP contribution < -0.4 is 5.32 Å². The van der Waals surface area contributed by atoms with Crippen LogP contribution in [0, 0.1) is 11.8 Å². The van der Waals surface area contributed by atoms with E-state index in [9.17, 15) is 13.2 Å². The largest absolute Gasteiger partial charge is 0.348 e. The molecule has 0 unspecified atom stereocenters. The summed E-state index contributed by atoms with van der Waals surface area (Å²) in [5.41, 5.74) is 0. The van der Waals surface area contributed by atoms with Crippen molar-refractivity contribution >= 4 is 27.3 Å². The lowest BCUT2D eigenvalue weighted by Gasteiger charge is -2.32. The van der Waals surface area contributed by atoms with Crippen molar-refractivity contribution in [2.75, 3.05) is 19.3 Å². The Morgan fingerprint density at radius 3 is 2.67 bits per heavy atom. The Morgan fingerprint density at radius 1 is 1.29 bits per heavy atom. The summed E-state index contributed by atoms with van der Waals surface area (Å²) in [6, 6.07) is 4.20. The molecule has 2 aliphatic rings. The van der Waals surface area contributed by atoms with Crippen molar-refractivity contribution in [3.05, 3.63) is 22.4 Å². The number of piperidine rings is 1. The van der Waals surface area contributed by atoms with E-state index >= 15 is 0 Å². The molecule has 0 spiro atoms. The number of hydrogen-bond donors (Lipinski definition) is 1. The smallest absolute Gasteiger partial charge is 0.224 e. The number of sulfonamides is 1. The van der Waals surface area contributed by atoms with Crippen LogP contribution in [0.3, 0.4) is 0 Å². The predicted molar refractivity (Wildman–Crippen MR) is 96.3 cm³/mol. The second-order valence-corrected chi connectivity index (χ2v) is 9.97. The Bertz CT molecular complexity index is 651. The number of rotatable bonds is 5. The van der Waals surface area contributed by atoms with Crippen molar-refractivity contribution in [1.82, 2.24) is 9.62 Å². The van der Waals surface area contributed by atoms with Crippen LogP contribution in [0.25, 0.3) is 0 Å². The highest BCUT2D eigenvalue weighted by atomic mass is 32.2. The number of amides is 1. The molecule has 24 heavy (non-hydrogen) atoms. The first-order valence-corrected chi connectivity index (χ1v) is 11.5. The van der Waals surface area contributed by atoms with Gasteiger partial charge in [-0.25, -0.2) is 12.7 Å². The third kappa shape index (κ3) is 4.18. The molecule has 1 aliphatic carbocycles. The third-order valence-corrected chi connectivity index (χ3v) is 7.47. The molecule has 3 rings (SSSR count). The molecule has 2 fully saturated rings. The molecule has 0 aromatic carbocycles. The van der Waals surface area contributed by atoms with Crippen molar-refractivity contribution in [3.63, 3.8) is 0 Å². The molecule has 1 saturated carbocycles. The summed E-state index contributed by atoms with van der Waals surface area (Å²) in [5, 5.41) is 5.30. The Kier molecular flexibility index (Phi) is 5.62. The standard InChI is InChI=1S/C17H26N2O3S2/c1-24(21,22)19-10-4-8-14(12-19)17(20)18-16(13-6-2-3-7-13)15-9-5-11-23-15/h5,9,11,13-14,16H,2-4,6-8,10,12H2,1H3,(H,18,20)/t14-,16+/m1/s1. The first-order chi connectivity index (χ1) is 11.4. The zero-order chi connectivity index (χ0) is 17.2. The average molecular weight is 371 g/mol. The quantitative estimate of drug-likeness (QED) is 0.867. The van der Waals surface area contributed by atoms with E-state index in [2.05, 4.69) is 16.8 Å². The maximum Gasteiger partial charge on any atom is 0.224 e. The molecule has 1 N–H and O–H groups in total. The fraction of sp³-hybridized carbons (Fsp3) is 0.706. The van der Waals surface area contributed by atoms with E-state index in [1.165, 1.54) is 28.3 Å². The molecule has 2 heterocycles. The monoisotopic (exact) mass is 370 g/mol. The Morgan fingerprint density at radius 2 is 2.04 bits per heavy atom. The van der Waals surface area contributed by atoms with Gasteiger partial charge in [-0.15, -0.1) is 11.3 Å². The maximum absolute atomic E-state index is 12.8. The van der Waals surface area contributed by atoms with Gasteiger partial charge in [-0.2, -0.15) is 0 Å². The summed E-state index contributed by atoms with van der Waals surface area (Å²) >= 11 is 1.69. The summed E-state index contributed by atoms with van der Waals surface area (Å²) in [6.07, 6.45) is 7.51. The maximum atomic E-state index is 12.8. The molecular weight excluding hydrogens is 344 g/mol. The summed E-state index contributed by atoms with van der Waals surface area (Å²) < 4.78 is 25.0. The van der Waals surface area contributed by atoms with Gasteiger partial charge in [-0.05, 0) is 43.0 Å². The number of hydrogen-bond acceptors (Lipinski definition) is 4. The van der Waals surface area contributed by atoms with Crippen molar-refractivity contribution < 1.29 is 13.2 Å². The van der Waals surface area contributed by atoms with E-state index in [0.717, 1.165) is 25.7 Å². The van der Waals surface area contributed by atoms with Crippen LogP contribution in [-0.4, -0.2) is 38.0 Å². The normalized spacial score (nSPS) is 24.8. The summed E-state index contributed by atoms with van der Waals surface area (Å²) in [4.78, 5) is 14.0. The van der Waals surface area contributed by atoms with Gasteiger partial charge in [-0.1, -0.05) is 18.9 Å². The van der Waals surface area contributed by atoms with Crippen molar-refractivity contribution in [2.45, 2.75) is 44.6 Å². The van der Waals surface area contributed by atoms with Gasteiger partial charge in [0.15, 0.2) is 0 Å².